The molecular formula is C20H25N7O3S. The predicted octanol–water partition coefficient (Wildman–Crippen LogP) is 1.22. The molecule has 4 atom stereocenters. The lowest BCUT2D eigenvalue weighted by Crippen LogP contribution is -2.71. The molecule has 3 aliphatic heterocycles. The summed E-state index contributed by atoms with van der Waals surface area (Å²) in [5.41, 5.74) is 0.167. The second-order valence-corrected chi connectivity index (χ2v) is 10.9. The Morgan fingerprint density at radius 2 is 1.81 bits per heavy atom. The first kappa shape index (κ1) is 20.3. The molecule has 5 rings (SSSR count). The molecule has 4 heterocycles. The molecule has 2 amide bonds. The van der Waals surface area contributed by atoms with Gasteiger partial charge >= 0.3 is 0 Å². The van der Waals surface area contributed by atoms with Crippen molar-refractivity contribution in [3.63, 3.8) is 0 Å². The Kier molecular flexibility index (Phi) is 4.36. The fourth-order valence-corrected chi connectivity index (χ4v) is 6.65. The minimum Gasteiger partial charge on any atom is -0.497 e. The minimum absolute atomic E-state index is 0.0805. The molecule has 164 valence electrons. The van der Waals surface area contributed by atoms with E-state index in [0.29, 0.717) is 5.82 Å². The number of fused-ring (bicyclic) bond motifs is 1. The molecule has 0 aliphatic carbocycles. The molecule has 0 saturated carbocycles. The van der Waals surface area contributed by atoms with E-state index in [2.05, 4.69) is 39.8 Å². The number of methoxy groups -OCH3 is 1. The zero-order valence-corrected chi connectivity index (χ0v) is 18.8. The molecule has 3 unspecified atom stereocenters. The van der Waals surface area contributed by atoms with Crippen LogP contribution in [0.2, 0.25) is 0 Å². The highest BCUT2D eigenvalue weighted by atomic mass is 32.2. The van der Waals surface area contributed by atoms with E-state index in [1.54, 1.807) is 23.8 Å². The maximum atomic E-state index is 13.5. The largest absolute Gasteiger partial charge is 0.497 e. The van der Waals surface area contributed by atoms with Gasteiger partial charge in [-0.15, -0.1) is 16.9 Å². The lowest BCUT2D eigenvalue weighted by atomic mass is 9.93. The van der Waals surface area contributed by atoms with Gasteiger partial charge in [-0.05, 0) is 55.8 Å². The Hall–Kier alpha value is -2.66. The summed E-state index contributed by atoms with van der Waals surface area (Å²) in [7, 11) is 1.61. The highest BCUT2D eigenvalue weighted by Crippen LogP contribution is 2.58. The standard InChI is InChI=1S/C20H25N7O3S/c1-19(2)14(15-22-24-25-23-15)26-17(29)13(18(26)31-19)27-16(28)12(21-20(27,3)4)10-6-8-11(30-5)9-7-10/h6-9,12-14,18,21H,1-5H3,(H,22,23,24,25)/t12?,13?,14?,18-/m0/s1. The van der Waals surface area contributed by atoms with Crippen molar-refractivity contribution in [2.24, 2.45) is 0 Å². The van der Waals surface area contributed by atoms with Gasteiger partial charge in [0.2, 0.25) is 11.8 Å². The lowest BCUT2D eigenvalue weighted by molar-refractivity contribution is -0.165. The van der Waals surface area contributed by atoms with Crippen molar-refractivity contribution in [3.05, 3.63) is 35.7 Å². The molecular weight excluding hydrogens is 418 g/mol. The lowest BCUT2D eigenvalue weighted by Gasteiger charge is -2.50. The molecule has 10 nitrogen and oxygen atoms in total. The van der Waals surface area contributed by atoms with E-state index in [0.717, 1.165) is 11.3 Å². The van der Waals surface area contributed by atoms with Gasteiger partial charge in [0.05, 0.1) is 12.8 Å². The van der Waals surface area contributed by atoms with Gasteiger partial charge in [-0.1, -0.05) is 12.1 Å². The maximum absolute atomic E-state index is 13.5. The van der Waals surface area contributed by atoms with E-state index in [4.69, 9.17) is 4.74 Å². The van der Waals surface area contributed by atoms with Crippen molar-refractivity contribution in [1.29, 1.82) is 0 Å². The summed E-state index contributed by atoms with van der Waals surface area (Å²) in [6.45, 7) is 8.02. The van der Waals surface area contributed by atoms with E-state index in [1.165, 1.54) is 0 Å². The number of tetrazole rings is 1. The molecule has 0 spiro atoms. The van der Waals surface area contributed by atoms with E-state index in [1.807, 2.05) is 43.0 Å². The smallest absolute Gasteiger partial charge is 0.250 e. The average molecular weight is 444 g/mol. The summed E-state index contributed by atoms with van der Waals surface area (Å²) < 4.78 is 4.92. The third-order valence-electron chi connectivity index (χ3n) is 6.35. The van der Waals surface area contributed by atoms with Crippen LogP contribution in [0.5, 0.6) is 5.75 Å². The number of aromatic amines is 1. The molecule has 0 radical (unpaired) electrons. The van der Waals surface area contributed by atoms with Crippen LogP contribution in [0.4, 0.5) is 0 Å². The van der Waals surface area contributed by atoms with Crippen molar-refractivity contribution < 1.29 is 14.3 Å². The van der Waals surface area contributed by atoms with Gasteiger partial charge in [-0.25, -0.2) is 5.10 Å². The second-order valence-electron chi connectivity index (χ2n) is 9.11. The maximum Gasteiger partial charge on any atom is 0.250 e. The third kappa shape index (κ3) is 2.86. The number of carbonyl (C=O) groups is 2. The summed E-state index contributed by atoms with van der Waals surface area (Å²) in [6, 6.07) is 6.10. The molecule has 11 heteroatoms. The monoisotopic (exact) mass is 443 g/mol. The third-order valence-corrected chi connectivity index (χ3v) is 7.90. The average Bonchev–Trinajstić information content (AvgIpc) is 3.39. The van der Waals surface area contributed by atoms with Gasteiger partial charge in [-0.3, -0.25) is 14.9 Å². The summed E-state index contributed by atoms with van der Waals surface area (Å²) in [5.74, 6) is 1.11. The van der Waals surface area contributed by atoms with Crippen LogP contribution in [0, 0.1) is 0 Å². The number of hydrogen-bond donors (Lipinski definition) is 2. The predicted molar refractivity (Wildman–Crippen MR) is 113 cm³/mol. The van der Waals surface area contributed by atoms with Gasteiger partial charge in [0, 0.05) is 4.75 Å². The van der Waals surface area contributed by atoms with Crippen LogP contribution in [0.3, 0.4) is 0 Å². The molecule has 3 aliphatic rings. The van der Waals surface area contributed by atoms with Gasteiger partial charge in [-0.2, -0.15) is 0 Å². The number of aromatic nitrogens is 4. The van der Waals surface area contributed by atoms with Crippen LogP contribution in [0.1, 0.15) is 51.2 Å². The number of hydrogen-bond acceptors (Lipinski definition) is 8. The Morgan fingerprint density at radius 1 is 1.10 bits per heavy atom. The van der Waals surface area contributed by atoms with Crippen LogP contribution >= 0.6 is 11.8 Å². The van der Waals surface area contributed by atoms with Crippen molar-refractivity contribution >= 4 is 23.6 Å². The van der Waals surface area contributed by atoms with E-state index >= 15 is 0 Å². The number of thioether (sulfide) groups is 1. The van der Waals surface area contributed by atoms with E-state index in [-0.39, 0.29) is 28.0 Å². The number of amides is 2. The highest BCUT2D eigenvalue weighted by molar-refractivity contribution is 8.01. The number of ether oxygens (including phenoxy) is 1. The summed E-state index contributed by atoms with van der Waals surface area (Å²) in [5, 5.41) is 17.5. The summed E-state index contributed by atoms with van der Waals surface area (Å²) >= 11 is 1.68. The van der Waals surface area contributed by atoms with E-state index in [9.17, 15) is 9.59 Å². The number of β-lactam (4-membered cyclic amide) rings is 1. The van der Waals surface area contributed by atoms with Gasteiger partial charge in [0.25, 0.3) is 0 Å². The topological polar surface area (TPSA) is 116 Å². The van der Waals surface area contributed by atoms with Crippen LogP contribution in [0.15, 0.2) is 24.3 Å². The molecule has 31 heavy (non-hydrogen) atoms. The number of nitrogens with zero attached hydrogens (tertiary/aromatic N) is 5. The van der Waals surface area contributed by atoms with Gasteiger partial charge < -0.3 is 14.5 Å². The number of nitrogens with one attached hydrogen (secondary N) is 2. The number of carbonyl (C=O) groups excluding carboxylic acids is 2. The van der Waals surface area contributed by atoms with Crippen LogP contribution in [-0.4, -0.2) is 71.2 Å². The van der Waals surface area contributed by atoms with Crippen LogP contribution in [0.25, 0.3) is 0 Å². The normalized spacial score (nSPS) is 31.0. The SMILES string of the molecule is COc1ccc(C2NC(C)(C)N(C3C(=O)N4C(c5nnn[nH]5)C(C)(C)S[C@@H]34)C2=O)cc1. The number of H-pyrrole nitrogens is 1. The Morgan fingerprint density at radius 3 is 2.42 bits per heavy atom. The van der Waals surface area contributed by atoms with E-state index < -0.39 is 17.7 Å². The van der Waals surface area contributed by atoms with Crippen LogP contribution in [-0.2, 0) is 9.59 Å². The molecule has 3 fully saturated rings. The van der Waals surface area contributed by atoms with Crippen molar-refractivity contribution in [2.75, 3.05) is 7.11 Å². The fourth-order valence-electron chi connectivity index (χ4n) is 4.96. The summed E-state index contributed by atoms with van der Waals surface area (Å²) in [4.78, 5) is 30.4. The first-order valence-electron chi connectivity index (χ1n) is 10.1. The zero-order chi connectivity index (χ0) is 22.1. The van der Waals surface area contributed by atoms with Gasteiger partial charge in [0.1, 0.15) is 29.2 Å². The van der Waals surface area contributed by atoms with Gasteiger partial charge in [0.15, 0.2) is 5.82 Å². The first-order chi connectivity index (χ1) is 14.7. The quantitative estimate of drug-likeness (QED) is 0.678. The summed E-state index contributed by atoms with van der Waals surface area (Å²) in [6.07, 6.45) is 0. The molecule has 2 N–H and O–H groups in total. The number of benzene rings is 1. The van der Waals surface area contributed by atoms with Crippen molar-refractivity contribution in [2.45, 2.75) is 61.6 Å². The van der Waals surface area contributed by atoms with Crippen molar-refractivity contribution in [3.8, 4) is 5.75 Å². The van der Waals surface area contributed by atoms with Crippen molar-refractivity contribution in [1.82, 2.24) is 35.7 Å². The molecule has 2 aromatic rings. The zero-order valence-electron chi connectivity index (χ0n) is 18.0. The number of rotatable bonds is 4. The molecule has 1 aromatic carbocycles. The Labute approximate surface area is 184 Å². The van der Waals surface area contributed by atoms with Crippen LogP contribution < -0.4 is 10.1 Å². The molecule has 0 bridgehead atoms. The molecule has 1 aromatic heterocycles. The second kappa shape index (κ2) is 6.67. The fraction of sp³-hybridized carbons (Fsp3) is 0.550. The Bertz CT molecular complexity index is 1020. The Balaban J connectivity index is 1.44. The molecule has 3 saturated heterocycles. The first-order valence-corrected chi connectivity index (χ1v) is 11.0. The highest BCUT2D eigenvalue weighted by Gasteiger charge is 2.67. The minimum atomic E-state index is -0.676.